The summed E-state index contributed by atoms with van der Waals surface area (Å²) in [6.07, 6.45) is 0. The van der Waals surface area contributed by atoms with Crippen molar-refractivity contribution >= 4 is 22.6 Å². The number of hydrogen-bond acceptors (Lipinski definition) is 1. The molecule has 0 saturated heterocycles. The molecule has 0 amide bonds. The molecule has 14 heavy (non-hydrogen) atoms. The quantitative estimate of drug-likeness (QED) is 0.576. The molecule has 1 rings (SSSR count). The van der Waals surface area contributed by atoms with Crippen LogP contribution in [0.25, 0.3) is 0 Å². The molecule has 0 bridgehead atoms. The molecule has 0 aliphatic heterocycles. The van der Waals surface area contributed by atoms with Crippen molar-refractivity contribution in [2.24, 2.45) is 0 Å². The summed E-state index contributed by atoms with van der Waals surface area (Å²) in [6, 6.07) is 4.04. The minimum Gasteiger partial charge on any atom is -0.207 e. The van der Waals surface area contributed by atoms with Gasteiger partial charge in [0.15, 0.2) is 0 Å². The summed E-state index contributed by atoms with van der Waals surface area (Å²) in [6.45, 7) is 3.26. The Kier molecular flexibility index (Phi) is 3.10. The largest absolute Gasteiger partial charge is 0.207 e. The van der Waals surface area contributed by atoms with E-state index in [-0.39, 0.29) is 0 Å². The average Bonchev–Trinajstić information content (AvgIpc) is 2.11. The molecule has 1 aromatic rings. The molecule has 0 atom stereocenters. The summed E-state index contributed by atoms with van der Waals surface area (Å²) in [5, 5.41) is 8.86. The smallest absolute Gasteiger partial charge is 0.139 e. The Labute approximate surface area is 94.9 Å². The van der Waals surface area contributed by atoms with Crippen LogP contribution in [-0.4, -0.2) is 0 Å². The zero-order valence-electron chi connectivity index (χ0n) is 7.74. The topological polar surface area (TPSA) is 23.8 Å². The first-order valence-corrected chi connectivity index (χ1v) is 5.02. The van der Waals surface area contributed by atoms with Crippen molar-refractivity contribution in [3.63, 3.8) is 0 Å². The van der Waals surface area contributed by atoms with Crippen LogP contribution in [0.3, 0.4) is 0 Å². The van der Waals surface area contributed by atoms with Gasteiger partial charge in [-0.05, 0) is 48.1 Å². The molecule has 0 aromatic heterocycles. The van der Waals surface area contributed by atoms with E-state index >= 15 is 0 Å². The summed E-state index contributed by atoms with van der Waals surface area (Å²) < 4.78 is 26.4. The van der Waals surface area contributed by atoms with Gasteiger partial charge in [0, 0.05) is 6.07 Å². The zero-order chi connectivity index (χ0) is 10.9. The van der Waals surface area contributed by atoms with Crippen molar-refractivity contribution in [2.75, 3.05) is 0 Å². The summed E-state index contributed by atoms with van der Waals surface area (Å²) in [4.78, 5) is 0. The van der Waals surface area contributed by atoms with Crippen LogP contribution < -0.4 is 0 Å². The Morgan fingerprint density at radius 3 is 2.43 bits per heavy atom. The molecule has 1 aromatic carbocycles. The maximum atomic E-state index is 13.1. The molecular weight excluding hydrogens is 299 g/mol. The van der Waals surface area contributed by atoms with Crippen LogP contribution >= 0.6 is 22.6 Å². The molecule has 1 nitrogen and oxygen atoms in total. The first-order valence-electron chi connectivity index (χ1n) is 3.95. The molecule has 0 radical (unpaired) electrons. The molecule has 0 unspecified atom stereocenters. The minimum absolute atomic E-state index is 0.301. The van der Waals surface area contributed by atoms with Crippen LogP contribution in [0, 0.1) is 26.5 Å². The van der Waals surface area contributed by atoms with E-state index in [1.54, 1.807) is 36.4 Å². The summed E-state index contributed by atoms with van der Waals surface area (Å²) in [5.74, 6) is -1.27. The first kappa shape index (κ1) is 11.4. The molecule has 4 heteroatoms. The van der Waals surface area contributed by atoms with Crippen LogP contribution in [-0.2, 0) is 5.41 Å². The van der Waals surface area contributed by atoms with Crippen LogP contribution in [0.15, 0.2) is 12.1 Å². The monoisotopic (exact) mass is 307 g/mol. The van der Waals surface area contributed by atoms with Gasteiger partial charge in [-0.2, -0.15) is 5.26 Å². The van der Waals surface area contributed by atoms with Gasteiger partial charge in [0.25, 0.3) is 0 Å². The van der Waals surface area contributed by atoms with Crippen molar-refractivity contribution in [3.05, 3.63) is 32.9 Å². The van der Waals surface area contributed by atoms with Crippen LogP contribution in [0.1, 0.15) is 19.4 Å². The van der Waals surface area contributed by atoms with Gasteiger partial charge >= 0.3 is 0 Å². The van der Waals surface area contributed by atoms with Gasteiger partial charge in [-0.1, -0.05) is 0 Å². The van der Waals surface area contributed by atoms with E-state index in [4.69, 9.17) is 5.26 Å². The van der Waals surface area contributed by atoms with Crippen LogP contribution in [0.5, 0.6) is 0 Å². The Bertz CT molecular complexity index is 407. The lowest BCUT2D eigenvalue weighted by molar-refractivity contribution is 0.561. The molecular formula is C10H8F2IN. The summed E-state index contributed by atoms with van der Waals surface area (Å²) in [5.41, 5.74) is -0.488. The lowest BCUT2D eigenvalue weighted by Gasteiger charge is -2.17. The van der Waals surface area contributed by atoms with E-state index < -0.39 is 17.0 Å². The fourth-order valence-electron chi connectivity index (χ4n) is 1.07. The first-order chi connectivity index (χ1) is 6.38. The number of benzene rings is 1. The molecule has 0 N–H and O–H groups in total. The molecule has 0 saturated carbocycles. The predicted octanol–water partition coefficient (Wildman–Crippen LogP) is 3.37. The average molecular weight is 307 g/mol. The molecule has 0 spiro atoms. The Morgan fingerprint density at radius 1 is 1.36 bits per heavy atom. The van der Waals surface area contributed by atoms with Gasteiger partial charge in [0.1, 0.15) is 11.6 Å². The van der Waals surface area contributed by atoms with Gasteiger partial charge in [0.2, 0.25) is 0 Å². The van der Waals surface area contributed by atoms with Gasteiger partial charge in [0.05, 0.1) is 15.1 Å². The van der Waals surface area contributed by atoms with E-state index in [2.05, 4.69) is 0 Å². The number of rotatable bonds is 1. The molecule has 0 fully saturated rings. The number of nitriles is 1. The molecule has 0 heterocycles. The van der Waals surface area contributed by atoms with E-state index in [0.29, 0.717) is 9.13 Å². The number of hydrogen-bond donors (Lipinski definition) is 0. The standard InChI is InChI=1S/C10H8F2IN/c1-10(2,5-14)7-3-6(11)4-8(12)9(7)13/h3-4H,1-2H3. The van der Waals surface area contributed by atoms with Crippen LogP contribution in [0.2, 0.25) is 0 Å². The van der Waals surface area contributed by atoms with Gasteiger partial charge in [-0.3, -0.25) is 0 Å². The van der Waals surface area contributed by atoms with Gasteiger partial charge < -0.3 is 0 Å². The van der Waals surface area contributed by atoms with Crippen molar-refractivity contribution < 1.29 is 8.78 Å². The third kappa shape index (κ3) is 2.03. The SMILES string of the molecule is CC(C)(C#N)c1cc(F)cc(F)c1I. The van der Waals surface area contributed by atoms with Gasteiger partial charge in [-0.15, -0.1) is 0 Å². The second kappa shape index (κ2) is 3.81. The molecule has 74 valence electrons. The lowest BCUT2D eigenvalue weighted by Crippen LogP contribution is -2.17. The fourth-order valence-corrected chi connectivity index (χ4v) is 2.06. The number of halogens is 3. The highest BCUT2D eigenvalue weighted by Gasteiger charge is 2.25. The second-order valence-corrected chi connectivity index (χ2v) is 4.56. The lowest BCUT2D eigenvalue weighted by atomic mass is 9.86. The third-order valence-electron chi connectivity index (χ3n) is 1.95. The van der Waals surface area contributed by atoms with Gasteiger partial charge in [-0.25, -0.2) is 8.78 Å². The maximum Gasteiger partial charge on any atom is 0.139 e. The van der Waals surface area contributed by atoms with Crippen molar-refractivity contribution in [2.45, 2.75) is 19.3 Å². The minimum atomic E-state index is -0.876. The maximum absolute atomic E-state index is 13.1. The Hall–Kier alpha value is -0.700. The normalized spacial score (nSPS) is 11.1. The number of nitrogens with zero attached hydrogens (tertiary/aromatic N) is 1. The van der Waals surface area contributed by atoms with E-state index in [0.717, 1.165) is 6.07 Å². The molecule has 0 aliphatic carbocycles. The van der Waals surface area contributed by atoms with E-state index in [1.807, 2.05) is 6.07 Å². The summed E-state index contributed by atoms with van der Waals surface area (Å²) in [7, 11) is 0. The Balaban J connectivity index is 3.44. The highest BCUT2D eigenvalue weighted by molar-refractivity contribution is 14.1. The van der Waals surface area contributed by atoms with Crippen molar-refractivity contribution in [1.82, 2.24) is 0 Å². The highest BCUT2D eigenvalue weighted by atomic mass is 127. The Morgan fingerprint density at radius 2 is 1.93 bits per heavy atom. The zero-order valence-corrected chi connectivity index (χ0v) is 9.89. The van der Waals surface area contributed by atoms with E-state index in [1.165, 1.54) is 6.07 Å². The summed E-state index contributed by atoms with van der Waals surface area (Å²) >= 11 is 1.78. The van der Waals surface area contributed by atoms with Crippen LogP contribution in [0.4, 0.5) is 8.78 Å². The van der Waals surface area contributed by atoms with Crippen molar-refractivity contribution in [3.8, 4) is 6.07 Å². The molecule has 0 aliphatic rings. The van der Waals surface area contributed by atoms with Crippen molar-refractivity contribution in [1.29, 1.82) is 5.26 Å². The third-order valence-corrected chi connectivity index (χ3v) is 3.04. The highest BCUT2D eigenvalue weighted by Crippen LogP contribution is 2.29. The second-order valence-electron chi connectivity index (χ2n) is 3.49. The fraction of sp³-hybridized carbons (Fsp3) is 0.300. The predicted molar refractivity (Wildman–Crippen MR) is 57.7 cm³/mol. The van der Waals surface area contributed by atoms with E-state index in [9.17, 15) is 8.78 Å².